The van der Waals surface area contributed by atoms with Crippen LogP contribution in [0.3, 0.4) is 0 Å². The maximum absolute atomic E-state index is 0. The van der Waals surface area contributed by atoms with Crippen molar-refractivity contribution in [1.82, 2.24) is 0 Å². The molecule has 1 radical (unpaired) electrons. The molecule has 0 atom stereocenters. The first-order valence-electron chi connectivity index (χ1n) is 0. The molecule has 0 aromatic rings. The molecule has 49 valence electrons. The van der Waals surface area contributed by atoms with Gasteiger partial charge in [-0.2, -0.15) is 0 Å². The van der Waals surface area contributed by atoms with Crippen molar-refractivity contribution in [1.29, 1.82) is 0 Å². The fourth-order valence-corrected chi connectivity index (χ4v) is 0. The van der Waals surface area contributed by atoms with Crippen molar-refractivity contribution in [2.45, 2.75) is 0 Å². The van der Waals surface area contributed by atoms with Gasteiger partial charge in [0.25, 0.3) is 0 Å². The van der Waals surface area contributed by atoms with E-state index in [1.807, 2.05) is 0 Å². The van der Waals surface area contributed by atoms with Gasteiger partial charge in [0, 0.05) is 0 Å². The van der Waals surface area contributed by atoms with E-state index in [0.29, 0.717) is 0 Å². The SMILES string of the molecule is [Cu+2].[Ga+3].[In+3].[S-2].[S-2].[S-2].[S-2].[S-2].[Zn+2]. The van der Waals surface area contributed by atoms with Gasteiger partial charge >= 0.3 is 82.2 Å². The molecule has 0 fully saturated rings. The summed E-state index contributed by atoms with van der Waals surface area (Å²) >= 11 is 0. The molecule has 0 bridgehead atoms. The Bertz CT molecular complexity index is 16.9. The molecule has 0 aliphatic heterocycles. The molecular formula is CuGaInS5Zn. The zero-order valence-electron chi connectivity index (χ0n) is 4.20. The van der Waals surface area contributed by atoms with Crippen molar-refractivity contribution >= 4 is 113 Å². The molecule has 0 unspecified atom stereocenters. The van der Waals surface area contributed by atoms with Crippen molar-refractivity contribution in [2.75, 3.05) is 0 Å². The van der Waals surface area contributed by atoms with Crippen molar-refractivity contribution in [2.24, 2.45) is 0 Å². The van der Waals surface area contributed by atoms with E-state index in [1.54, 1.807) is 0 Å². The van der Waals surface area contributed by atoms with Gasteiger partial charge in [-0.15, -0.1) is 0 Å². The van der Waals surface area contributed by atoms with Crippen LogP contribution in [-0.2, 0) is 104 Å². The molecule has 0 spiro atoms. The van der Waals surface area contributed by atoms with E-state index in [-0.39, 0.29) is 150 Å². The monoisotopic (exact) mass is 471 g/mol. The average Bonchev–Trinajstić information content (AvgIpc) is 0. The Morgan fingerprint density at radius 2 is 0.556 bits per heavy atom. The van der Waals surface area contributed by atoms with Crippen LogP contribution in [0.25, 0.3) is 0 Å². The third kappa shape index (κ3) is 69.3. The minimum atomic E-state index is 0. The first-order chi connectivity index (χ1) is 0. The standard InChI is InChI=1S/Cu.Ga.In.5S.Zn/q+2;2*+3;5*-2;+2. The molecule has 9 heavy (non-hydrogen) atoms. The minimum absolute atomic E-state index is 0. The van der Waals surface area contributed by atoms with Gasteiger partial charge in [-0.3, -0.25) is 0 Å². The van der Waals surface area contributed by atoms with E-state index in [2.05, 4.69) is 0 Å². The second-order valence-corrected chi connectivity index (χ2v) is 0. The largest absolute Gasteiger partial charge is 3.00 e. The van der Waals surface area contributed by atoms with E-state index in [0.717, 1.165) is 0 Å². The van der Waals surface area contributed by atoms with E-state index in [4.69, 9.17) is 0 Å². The van der Waals surface area contributed by atoms with Crippen LogP contribution in [-0.4, -0.2) is 45.6 Å². The molecule has 0 nitrogen and oxygen atoms in total. The molecule has 0 N–H and O–H groups in total. The van der Waals surface area contributed by atoms with Crippen LogP contribution in [0.2, 0.25) is 0 Å². The van der Waals surface area contributed by atoms with Gasteiger partial charge in [0.2, 0.25) is 0 Å². The van der Waals surface area contributed by atoms with Crippen LogP contribution in [0.5, 0.6) is 0 Å². The molecule has 0 heterocycles. The summed E-state index contributed by atoms with van der Waals surface area (Å²) in [7, 11) is 0. The first kappa shape index (κ1) is 106. The van der Waals surface area contributed by atoms with Crippen LogP contribution in [0.15, 0.2) is 0 Å². The van der Waals surface area contributed by atoms with Gasteiger partial charge < -0.3 is 67.5 Å². The summed E-state index contributed by atoms with van der Waals surface area (Å²) in [6.45, 7) is 0. The smallest absolute Gasteiger partial charge is 2.00 e. The fraction of sp³-hybridized carbons (Fsp3) is 0. The van der Waals surface area contributed by atoms with Gasteiger partial charge in [-0.1, -0.05) is 0 Å². The summed E-state index contributed by atoms with van der Waals surface area (Å²) < 4.78 is 0. The second kappa shape index (κ2) is 83.2. The quantitative estimate of drug-likeness (QED) is 0.405. The Morgan fingerprint density at radius 3 is 0.556 bits per heavy atom. The Balaban J connectivity index is 0. The van der Waals surface area contributed by atoms with Crippen molar-refractivity contribution < 1.29 is 36.5 Å². The Labute approximate surface area is 147 Å². The van der Waals surface area contributed by atoms with Gasteiger partial charge in [0.1, 0.15) is 0 Å². The Morgan fingerprint density at radius 1 is 0.556 bits per heavy atom. The van der Waals surface area contributed by atoms with E-state index in [9.17, 15) is 0 Å². The molecule has 0 rings (SSSR count). The summed E-state index contributed by atoms with van der Waals surface area (Å²) in [5.41, 5.74) is 0. The topological polar surface area (TPSA) is 0 Å². The minimum Gasteiger partial charge on any atom is -2.00 e. The van der Waals surface area contributed by atoms with Gasteiger partial charge in [-0.25, -0.2) is 0 Å². The van der Waals surface area contributed by atoms with Gasteiger partial charge in [0.05, 0.1) is 0 Å². The third-order valence-electron chi connectivity index (χ3n) is 0. The van der Waals surface area contributed by atoms with Gasteiger partial charge in [0.15, 0.2) is 0 Å². The predicted octanol–water partition coefficient (Wildman–Crippen LogP) is -0.779. The summed E-state index contributed by atoms with van der Waals surface area (Å²) in [5.74, 6) is 0. The number of hydrogen-bond acceptors (Lipinski definition) is 0. The zero-order valence-corrected chi connectivity index (χ0v) is 17.9. The second-order valence-electron chi connectivity index (χ2n) is 0. The summed E-state index contributed by atoms with van der Waals surface area (Å²) in [4.78, 5) is 0. The summed E-state index contributed by atoms with van der Waals surface area (Å²) in [5, 5.41) is 0. The predicted molar refractivity (Wildman–Crippen MR) is 48.3 cm³/mol. The molecule has 0 saturated heterocycles. The molecular weight excluding hydrogens is 474 g/mol. The average molecular weight is 474 g/mol. The summed E-state index contributed by atoms with van der Waals surface area (Å²) in [6, 6.07) is 0. The molecule has 0 aliphatic carbocycles. The van der Waals surface area contributed by atoms with Crippen molar-refractivity contribution in [3.63, 3.8) is 0 Å². The van der Waals surface area contributed by atoms with Crippen molar-refractivity contribution in [3.8, 4) is 0 Å². The molecule has 0 aromatic carbocycles. The summed E-state index contributed by atoms with van der Waals surface area (Å²) in [6.07, 6.45) is 0. The molecule has 0 amide bonds. The molecule has 0 aromatic heterocycles. The fourth-order valence-electron chi connectivity index (χ4n) is 0. The van der Waals surface area contributed by atoms with Crippen LogP contribution >= 0.6 is 0 Å². The van der Waals surface area contributed by atoms with Crippen LogP contribution in [0, 0.1) is 0 Å². The van der Waals surface area contributed by atoms with Gasteiger partial charge in [-0.05, 0) is 0 Å². The van der Waals surface area contributed by atoms with Crippen LogP contribution in [0.4, 0.5) is 0 Å². The van der Waals surface area contributed by atoms with E-state index >= 15 is 0 Å². The normalized spacial score (nSPS) is 0. The maximum atomic E-state index is 0. The van der Waals surface area contributed by atoms with E-state index < -0.39 is 0 Å². The molecule has 0 saturated carbocycles. The zero-order chi connectivity index (χ0) is 0. The van der Waals surface area contributed by atoms with E-state index in [1.165, 1.54) is 0 Å². The van der Waals surface area contributed by atoms with Crippen molar-refractivity contribution in [3.05, 3.63) is 0 Å². The van der Waals surface area contributed by atoms with Crippen LogP contribution in [0.1, 0.15) is 0 Å². The first-order valence-corrected chi connectivity index (χ1v) is 0. The Hall–Kier alpha value is 4.40. The van der Waals surface area contributed by atoms with Crippen LogP contribution < -0.4 is 0 Å². The number of hydrogen-bond donors (Lipinski definition) is 0. The molecule has 0 aliphatic rings. The Kier molecular flexibility index (Phi) is 985. The third-order valence-corrected chi connectivity index (χ3v) is 0. The maximum Gasteiger partial charge on any atom is 3.00 e. The molecule has 9 heteroatoms. The number of rotatable bonds is 0.